The smallest absolute Gasteiger partial charge is 1.00 e. The van der Waals surface area contributed by atoms with Gasteiger partial charge in [0.2, 0.25) is 0 Å². The fraction of sp³-hybridized carbons (Fsp3) is 0.0769. The van der Waals surface area contributed by atoms with E-state index in [1.54, 1.807) is 0 Å². The molecule has 0 saturated heterocycles. The Morgan fingerprint density at radius 1 is 0.733 bits per heavy atom. The van der Waals surface area contributed by atoms with E-state index in [1.165, 1.54) is 0 Å². The Morgan fingerprint density at radius 2 is 1.07 bits per heavy atom. The molecule has 72 valence electrons. The topological polar surface area (TPSA) is 20.2 Å². The van der Waals surface area contributed by atoms with Crippen molar-refractivity contribution in [2.75, 3.05) is 0 Å². The number of aliphatic hydroxyl groups excluding tert-OH is 1. The fourth-order valence-corrected chi connectivity index (χ4v) is 1.46. The molecule has 0 radical (unpaired) electrons. The second kappa shape index (κ2) is 6.58. The van der Waals surface area contributed by atoms with E-state index in [-0.39, 0.29) is 52.8 Å². The largest absolute Gasteiger partial charge is 1.00 e. The third-order valence-corrected chi connectivity index (χ3v) is 2.23. The molecule has 2 heteroatoms. The van der Waals surface area contributed by atoms with E-state index < -0.39 is 6.10 Å². The molecule has 1 N–H and O–H groups in total. The zero-order chi connectivity index (χ0) is 9.80. The first-order valence-corrected chi connectivity index (χ1v) is 4.66. The molecule has 2 aromatic carbocycles. The molecule has 2 rings (SSSR count). The first-order valence-electron chi connectivity index (χ1n) is 4.66. The summed E-state index contributed by atoms with van der Waals surface area (Å²) in [4.78, 5) is 0. The van der Waals surface area contributed by atoms with Crippen LogP contribution in [0.15, 0.2) is 60.7 Å². The average Bonchev–Trinajstić information content (AvgIpc) is 2.30. The molecular weight excluding hydrogens is 211 g/mol. The van der Waals surface area contributed by atoms with E-state index in [4.69, 9.17) is 0 Å². The van der Waals surface area contributed by atoms with Crippen molar-refractivity contribution in [3.05, 3.63) is 71.8 Å². The van der Waals surface area contributed by atoms with E-state index in [0.717, 1.165) is 11.1 Å². The maximum absolute atomic E-state index is 9.99. The van der Waals surface area contributed by atoms with Crippen molar-refractivity contribution in [2.24, 2.45) is 0 Å². The molecule has 15 heavy (non-hydrogen) atoms. The molecular formula is C13H13KO. The molecule has 0 aliphatic heterocycles. The minimum atomic E-state index is -0.516. The normalized spacial score (nSPS) is 9.73. The summed E-state index contributed by atoms with van der Waals surface area (Å²) >= 11 is 0. The van der Waals surface area contributed by atoms with Crippen LogP contribution in [0.2, 0.25) is 0 Å². The molecule has 0 aromatic heterocycles. The molecule has 2 aromatic rings. The third kappa shape index (κ3) is 3.52. The molecule has 0 spiro atoms. The molecule has 0 bridgehead atoms. The minimum absolute atomic E-state index is 0. The molecule has 0 atom stereocenters. The van der Waals surface area contributed by atoms with Crippen LogP contribution in [0, 0.1) is 0 Å². The summed E-state index contributed by atoms with van der Waals surface area (Å²) in [6, 6.07) is 19.3. The summed E-state index contributed by atoms with van der Waals surface area (Å²) in [6.45, 7) is 0. The van der Waals surface area contributed by atoms with Gasteiger partial charge < -0.3 is 6.53 Å². The maximum Gasteiger partial charge on any atom is 1.00 e. The summed E-state index contributed by atoms with van der Waals surface area (Å²) in [5.41, 5.74) is 1.86. The van der Waals surface area contributed by atoms with Gasteiger partial charge in [0, 0.05) is 0 Å². The molecule has 0 saturated carbocycles. The van der Waals surface area contributed by atoms with Gasteiger partial charge in [-0.25, -0.2) is 0 Å². The van der Waals surface area contributed by atoms with Crippen molar-refractivity contribution < 1.29 is 57.9 Å². The summed E-state index contributed by atoms with van der Waals surface area (Å²) in [6.07, 6.45) is -0.516. The predicted molar refractivity (Wildman–Crippen MR) is 58.1 cm³/mol. The number of benzene rings is 2. The van der Waals surface area contributed by atoms with Crippen LogP contribution >= 0.6 is 0 Å². The van der Waals surface area contributed by atoms with Gasteiger partial charge in [-0.2, -0.15) is 0 Å². The zero-order valence-electron chi connectivity index (χ0n) is 9.80. The van der Waals surface area contributed by atoms with Gasteiger partial charge in [-0.3, -0.25) is 0 Å². The van der Waals surface area contributed by atoms with E-state index in [2.05, 4.69) is 0 Å². The van der Waals surface area contributed by atoms with Crippen LogP contribution in [0.25, 0.3) is 0 Å². The van der Waals surface area contributed by atoms with Gasteiger partial charge in [-0.15, -0.1) is 0 Å². The van der Waals surface area contributed by atoms with Crippen LogP contribution in [0.3, 0.4) is 0 Å². The maximum atomic E-state index is 9.99. The Morgan fingerprint density at radius 3 is 1.40 bits per heavy atom. The van der Waals surface area contributed by atoms with E-state index in [1.807, 2.05) is 60.7 Å². The molecule has 0 heterocycles. The zero-order valence-corrected chi connectivity index (χ0v) is 11.9. The summed E-state index contributed by atoms with van der Waals surface area (Å²) in [5, 5.41) is 9.99. The number of rotatable bonds is 2. The van der Waals surface area contributed by atoms with Gasteiger partial charge in [0.1, 0.15) is 6.10 Å². The second-order valence-electron chi connectivity index (χ2n) is 3.22. The van der Waals surface area contributed by atoms with Crippen molar-refractivity contribution in [1.29, 1.82) is 0 Å². The van der Waals surface area contributed by atoms with Crippen molar-refractivity contribution >= 4 is 0 Å². The Kier molecular flexibility index (Phi) is 5.75. The Balaban J connectivity index is 0.00000112. The Bertz CT molecular complexity index is 352. The number of hydrogen-bond donors (Lipinski definition) is 1. The predicted octanol–water partition coefficient (Wildman–Crippen LogP) is -0.115. The van der Waals surface area contributed by atoms with E-state index in [9.17, 15) is 5.11 Å². The molecule has 0 aliphatic carbocycles. The monoisotopic (exact) mass is 224 g/mol. The first-order chi connectivity index (χ1) is 6.88. The van der Waals surface area contributed by atoms with Crippen LogP contribution in [0.4, 0.5) is 0 Å². The van der Waals surface area contributed by atoms with Crippen LogP contribution < -0.4 is 51.4 Å². The van der Waals surface area contributed by atoms with Crippen LogP contribution in [0.1, 0.15) is 18.7 Å². The van der Waals surface area contributed by atoms with Crippen LogP contribution in [0.5, 0.6) is 0 Å². The third-order valence-electron chi connectivity index (χ3n) is 2.23. The van der Waals surface area contributed by atoms with E-state index in [0.29, 0.717) is 0 Å². The van der Waals surface area contributed by atoms with Gasteiger partial charge in [-0.1, -0.05) is 60.7 Å². The van der Waals surface area contributed by atoms with Gasteiger partial charge in [0.25, 0.3) is 0 Å². The van der Waals surface area contributed by atoms with Crippen LogP contribution in [-0.2, 0) is 0 Å². The van der Waals surface area contributed by atoms with Crippen molar-refractivity contribution in [3.8, 4) is 0 Å². The molecule has 0 fully saturated rings. The van der Waals surface area contributed by atoms with Crippen LogP contribution in [-0.4, -0.2) is 5.11 Å². The van der Waals surface area contributed by atoms with Crippen molar-refractivity contribution in [2.45, 2.75) is 6.10 Å². The Hall–Kier alpha value is 0.0364. The molecule has 1 nitrogen and oxygen atoms in total. The fourth-order valence-electron chi connectivity index (χ4n) is 1.46. The average molecular weight is 224 g/mol. The number of aliphatic hydroxyl groups is 1. The molecule has 0 unspecified atom stereocenters. The second-order valence-corrected chi connectivity index (χ2v) is 3.22. The van der Waals surface area contributed by atoms with Crippen molar-refractivity contribution in [1.82, 2.24) is 0 Å². The molecule has 0 amide bonds. The standard InChI is InChI=1S/C13H12O.K.H/c14-13(11-7-3-1-4-8-11)12-9-5-2-6-10-12;;/h1-10,13-14H;;/q;+1;-1. The van der Waals surface area contributed by atoms with Gasteiger partial charge >= 0.3 is 51.4 Å². The van der Waals surface area contributed by atoms with Gasteiger partial charge in [0.15, 0.2) is 0 Å². The van der Waals surface area contributed by atoms with Crippen molar-refractivity contribution in [3.63, 3.8) is 0 Å². The number of hydrogen-bond acceptors (Lipinski definition) is 1. The Labute approximate surface area is 134 Å². The summed E-state index contributed by atoms with van der Waals surface area (Å²) in [7, 11) is 0. The van der Waals surface area contributed by atoms with Gasteiger partial charge in [-0.05, 0) is 11.1 Å². The first kappa shape index (κ1) is 13.1. The molecule has 0 aliphatic rings. The van der Waals surface area contributed by atoms with E-state index >= 15 is 0 Å². The minimum Gasteiger partial charge on any atom is -1.00 e. The SMILES string of the molecule is OC(c1ccccc1)c1ccccc1.[H-].[K+]. The quantitative estimate of drug-likeness (QED) is 0.706. The summed E-state index contributed by atoms with van der Waals surface area (Å²) < 4.78 is 0. The summed E-state index contributed by atoms with van der Waals surface area (Å²) in [5.74, 6) is 0. The van der Waals surface area contributed by atoms with Gasteiger partial charge in [0.05, 0.1) is 0 Å².